The third-order valence-corrected chi connectivity index (χ3v) is 4.02. The molecule has 0 saturated heterocycles. The van der Waals surface area contributed by atoms with E-state index in [2.05, 4.69) is 36.0 Å². The van der Waals surface area contributed by atoms with Crippen molar-refractivity contribution in [2.24, 2.45) is 0 Å². The van der Waals surface area contributed by atoms with Crippen LogP contribution < -0.4 is 10.2 Å². The van der Waals surface area contributed by atoms with Gasteiger partial charge in [-0.15, -0.1) is 10.2 Å². The predicted molar refractivity (Wildman–Crippen MR) is 75.2 cm³/mol. The number of hydrogen-bond donors (Lipinski definition) is 1. The van der Waals surface area contributed by atoms with E-state index in [9.17, 15) is 0 Å². The molecule has 1 fully saturated rings. The second kappa shape index (κ2) is 4.86. The van der Waals surface area contributed by atoms with Crippen LogP contribution in [0.25, 0.3) is 0 Å². The minimum atomic E-state index is 0.715. The van der Waals surface area contributed by atoms with Crippen LogP contribution in [-0.2, 0) is 19.6 Å². The number of fused-ring (bicyclic) bond motifs is 1. The number of pyridine rings is 1. The van der Waals surface area contributed by atoms with Gasteiger partial charge in [0, 0.05) is 49.3 Å². The number of nitrogens with zero attached hydrogens (tertiary/aromatic N) is 5. The van der Waals surface area contributed by atoms with Crippen molar-refractivity contribution in [1.82, 2.24) is 25.1 Å². The monoisotopic (exact) mass is 270 g/mol. The lowest BCUT2D eigenvalue weighted by molar-refractivity contribution is 0.557. The molecule has 0 aromatic carbocycles. The van der Waals surface area contributed by atoms with Gasteiger partial charge in [0.05, 0.1) is 6.54 Å². The number of hydrogen-bond acceptors (Lipinski definition) is 5. The summed E-state index contributed by atoms with van der Waals surface area (Å²) in [5.41, 5.74) is 2.54. The van der Waals surface area contributed by atoms with Gasteiger partial charge in [-0.3, -0.25) is 4.98 Å². The molecule has 1 N–H and O–H groups in total. The summed E-state index contributed by atoms with van der Waals surface area (Å²) in [5.74, 6) is 1.04. The van der Waals surface area contributed by atoms with Gasteiger partial charge in [-0.25, -0.2) is 0 Å². The minimum Gasteiger partial charge on any atom is -0.362 e. The summed E-state index contributed by atoms with van der Waals surface area (Å²) < 4.78 is 2.12. The standard InChI is InChI=1S/C14H18N6/c1-2-12(1)16-8-11-7-15-4-3-13(11)19-5-6-20-10-17-18-14(20)9-19/h3-4,7,10,12,16H,1-2,5-6,8-9H2. The highest BCUT2D eigenvalue weighted by atomic mass is 15.3. The molecule has 104 valence electrons. The summed E-state index contributed by atoms with van der Waals surface area (Å²) in [4.78, 5) is 6.64. The Morgan fingerprint density at radius 1 is 1.30 bits per heavy atom. The van der Waals surface area contributed by atoms with Gasteiger partial charge in [-0.05, 0) is 18.9 Å². The van der Waals surface area contributed by atoms with Crippen LogP contribution in [0.3, 0.4) is 0 Å². The summed E-state index contributed by atoms with van der Waals surface area (Å²) in [5, 5.41) is 11.7. The molecule has 1 saturated carbocycles. The largest absolute Gasteiger partial charge is 0.362 e. The lowest BCUT2D eigenvalue weighted by Gasteiger charge is -2.30. The zero-order chi connectivity index (χ0) is 13.4. The van der Waals surface area contributed by atoms with E-state index >= 15 is 0 Å². The maximum Gasteiger partial charge on any atom is 0.152 e. The molecule has 2 aliphatic rings. The highest BCUT2D eigenvalue weighted by Gasteiger charge is 2.22. The molecule has 0 radical (unpaired) electrons. The van der Waals surface area contributed by atoms with Gasteiger partial charge in [0.25, 0.3) is 0 Å². The van der Waals surface area contributed by atoms with E-state index in [0.717, 1.165) is 32.0 Å². The molecule has 2 aromatic rings. The first-order valence-electron chi connectivity index (χ1n) is 7.18. The van der Waals surface area contributed by atoms with Crippen LogP contribution in [0, 0.1) is 0 Å². The van der Waals surface area contributed by atoms with Gasteiger partial charge in [-0.2, -0.15) is 0 Å². The Morgan fingerprint density at radius 3 is 3.15 bits per heavy atom. The molecule has 0 bridgehead atoms. The second-order valence-electron chi connectivity index (χ2n) is 5.52. The number of aromatic nitrogens is 4. The Labute approximate surface area is 117 Å². The molecule has 1 aliphatic carbocycles. The summed E-state index contributed by atoms with van der Waals surface area (Å²) >= 11 is 0. The van der Waals surface area contributed by atoms with E-state index in [1.807, 2.05) is 18.7 Å². The maximum absolute atomic E-state index is 4.27. The Balaban J connectivity index is 1.55. The van der Waals surface area contributed by atoms with Crippen molar-refractivity contribution in [2.45, 2.75) is 38.5 Å². The first-order chi connectivity index (χ1) is 9.90. The summed E-state index contributed by atoms with van der Waals surface area (Å²) in [6, 6.07) is 2.82. The molecule has 6 heteroatoms. The van der Waals surface area contributed by atoms with Gasteiger partial charge < -0.3 is 14.8 Å². The molecule has 0 spiro atoms. The van der Waals surface area contributed by atoms with Crippen LogP contribution in [0.4, 0.5) is 5.69 Å². The highest BCUT2D eigenvalue weighted by molar-refractivity contribution is 5.52. The Hall–Kier alpha value is -1.95. The van der Waals surface area contributed by atoms with Crippen LogP contribution in [0.1, 0.15) is 24.2 Å². The van der Waals surface area contributed by atoms with Crippen molar-refractivity contribution in [3.05, 3.63) is 36.2 Å². The van der Waals surface area contributed by atoms with Crippen LogP contribution in [-0.4, -0.2) is 32.3 Å². The van der Waals surface area contributed by atoms with E-state index in [4.69, 9.17) is 0 Å². The molecule has 4 rings (SSSR count). The molecular formula is C14H18N6. The van der Waals surface area contributed by atoms with E-state index in [1.165, 1.54) is 24.1 Å². The topological polar surface area (TPSA) is 58.9 Å². The average Bonchev–Trinajstić information content (AvgIpc) is 3.20. The Bertz CT molecular complexity index is 603. The quantitative estimate of drug-likeness (QED) is 0.896. The number of rotatable bonds is 4. The van der Waals surface area contributed by atoms with Gasteiger partial charge in [0.2, 0.25) is 0 Å². The van der Waals surface area contributed by atoms with Gasteiger partial charge in [-0.1, -0.05) is 0 Å². The third kappa shape index (κ3) is 2.27. The Morgan fingerprint density at radius 2 is 2.25 bits per heavy atom. The maximum atomic E-state index is 4.27. The lowest BCUT2D eigenvalue weighted by Crippen LogP contribution is -2.34. The first-order valence-corrected chi connectivity index (χ1v) is 7.18. The van der Waals surface area contributed by atoms with Crippen LogP contribution in [0.15, 0.2) is 24.8 Å². The fourth-order valence-electron chi connectivity index (χ4n) is 2.68. The van der Waals surface area contributed by atoms with Crippen LogP contribution in [0.2, 0.25) is 0 Å². The molecule has 3 heterocycles. The molecule has 2 aromatic heterocycles. The summed E-state index contributed by atoms with van der Waals surface area (Å²) in [7, 11) is 0. The van der Waals surface area contributed by atoms with Gasteiger partial charge >= 0.3 is 0 Å². The molecule has 0 atom stereocenters. The minimum absolute atomic E-state index is 0.715. The van der Waals surface area contributed by atoms with Gasteiger partial charge in [0.1, 0.15) is 6.33 Å². The van der Waals surface area contributed by atoms with Crippen molar-refractivity contribution in [3.8, 4) is 0 Å². The number of nitrogens with one attached hydrogen (secondary N) is 1. The third-order valence-electron chi connectivity index (χ3n) is 4.02. The van der Waals surface area contributed by atoms with E-state index in [0.29, 0.717) is 6.04 Å². The molecule has 0 unspecified atom stereocenters. The van der Waals surface area contributed by atoms with Crippen LogP contribution >= 0.6 is 0 Å². The van der Waals surface area contributed by atoms with Crippen molar-refractivity contribution in [3.63, 3.8) is 0 Å². The van der Waals surface area contributed by atoms with E-state index in [1.54, 1.807) is 0 Å². The zero-order valence-corrected chi connectivity index (χ0v) is 11.4. The fraction of sp³-hybridized carbons (Fsp3) is 0.500. The second-order valence-corrected chi connectivity index (χ2v) is 5.52. The number of anilines is 1. The highest BCUT2D eigenvalue weighted by Crippen LogP contribution is 2.25. The molecule has 0 amide bonds. The lowest BCUT2D eigenvalue weighted by atomic mass is 10.2. The van der Waals surface area contributed by atoms with E-state index in [-0.39, 0.29) is 0 Å². The average molecular weight is 270 g/mol. The van der Waals surface area contributed by atoms with Crippen molar-refractivity contribution in [1.29, 1.82) is 0 Å². The normalized spacial score (nSPS) is 18.1. The van der Waals surface area contributed by atoms with Crippen LogP contribution in [0.5, 0.6) is 0 Å². The first kappa shape index (κ1) is 11.8. The SMILES string of the molecule is c1cc(N2CCn3cnnc3C2)c(CNC2CC2)cn1. The molecule has 1 aliphatic heterocycles. The Kier molecular flexibility index (Phi) is 2.88. The van der Waals surface area contributed by atoms with Gasteiger partial charge in [0.15, 0.2) is 5.82 Å². The van der Waals surface area contributed by atoms with Crippen molar-refractivity contribution >= 4 is 5.69 Å². The fourth-order valence-corrected chi connectivity index (χ4v) is 2.68. The van der Waals surface area contributed by atoms with E-state index < -0.39 is 0 Å². The summed E-state index contributed by atoms with van der Waals surface area (Å²) in [6.45, 7) is 3.66. The van der Waals surface area contributed by atoms with Crippen molar-refractivity contribution < 1.29 is 0 Å². The molecular weight excluding hydrogens is 252 g/mol. The summed E-state index contributed by atoms with van der Waals surface area (Å²) in [6.07, 6.45) is 8.28. The van der Waals surface area contributed by atoms with Crippen molar-refractivity contribution in [2.75, 3.05) is 11.4 Å². The predicted octanol–water partition coefficient (Wildman–Crippen LogP) is 0.945. The zero-order valence-electron chi connectivity index (χ0n) is 11.4. The molecule has 20 heavy (non-hydrogen) atoms. The molecule has 6 nitrogen and oxygen atoms in total. The smallest absolute Gasteiger partial charge is 0.152 e.